The molecule has 1 aliphatic carbocycles. The van der Waals surface area contributed by atoms with Crippen molar-refractivity contribution in [1.29, 1.82) is 0 Å². The molecule has 1 N–H and O–H groups in total. The molecule has 1 aromatic carbocycles. The number of carboxylic acids is 1. The van der Waals surface area contributed by atoms with E-state index in [2.05, 4.69) is 0 Å². The van der Waals surface area contributed by atoms with Gasteiger partial charge in [0.05, 0.1) is 6.54 Å². The SMILES string of the molecule is CC(c1ccc(F)cc1)N(CC(=O)O)C1CC1. The standard InChI is InChI=1S/C13H16FNO2/c1-9(10-2-4-11(14)5-3-10)15(8-13(16)17)12-6-7-12/h2-5,9,12H,6-8H2,1H3,(H,16,17). The Kier molecular flexibility index (Phi) is 3.43. The fourth-order valence-corrected chi connectivity index (χ4v) is 2.08. The van der Waals surface area contributed by atoms with Crippen LogP contribution in [0.25, 0.3) is 0 Å². The van der Waals surface area contributed by atoms with E-state index in [1.165, 1.54) is 12.1 Å². The van der Waals surface area contributed by atoms with Gasteiger partial charge in [0.25, 0.3) is 0 Å². The van der Waals surface area contributed by atoms with Crippen LogP contribution in [0.5, 0.6) is 0 Å². The predicted octanol–water partition coefficient (Wildman–Crippen LogP) is 2.44. The minimum Gasteiger partial charge on any atom is -0.480 e. The van der Waals surface area contributed by atoms with E-state index in [0.717, 1.165) is 18.4 Å². The lowest BCUT2D eigenvalue weighted by molar-refractivity contribution is -0.139. The summed E-state index contributed by atoms with van der Waals surface area (Å²) in [5.41, 5.74) is 0.958. The van der Waals surface area contributed by atoms with E-state index in [4.69, 9.17) is 5.11 Å². The number of benzene rings is 1. The Labute approximate surface area is 99.9 Å². The van der Waals surface area contributed by atoms with E-state index in [-0.39, 0.29) is 18.4 Å². The lowest BCUT2D eigenvalue weighted by atomic mass is 10.1. The van der Waals surface area contributed by atoms with Crippen molar-refractivity contribution < 1.29 is 14.3 Å². The van der Waals surface area contributed by atoms with Gasteiger partial charge in [-0.15, -0.1) is 0 Å². The molecular formula is C13H16FNO2. The molecule has 1 unspecified atom stereocenters. The highest BCUT2D eigenvalue weighted by Gasteiger charge is 2.33. The fourth-order valence-electron chi connectivity index (χ4n) is 2.08. The van der Waals surface area contributed by atoms with E-state index in [1.54, 1.807) is 12.1 Å². The Bertz CT molecular complexity index is 400. The monoisotopic (exact) mass is 237 g/mol. The van der Waals surface area contributed by atoms with Crippen LogP contribution in [-0.4, -0.2) is 28.6 Å². The molecule has 1 atom stereocenters. The number of hydrogen-bond donors (Lipinski definition) is 1. The zero-order valence-electron chi connectivity index (χ0n) is 9.77. The highest BCUT2D eigenvalue weighted by Crippen LogP contribution is 2.33. The van der Waals surface area contributed by atoms with Gasteiger partial charge >= 0.3 is 5.97 Å². The number of halogens is 1. The average Bonchev–Trinajstić information content (AvgIpc) is 3.09. The summed E-state index contributed by atoms with van der Waals surface area (Å²) in [7, 11) is 0. The molecule has 92 valence electrons. The van der Waals surface area contributed by atoms with Gasteiger partial charge in [0.1, 0.15) is 5.82 Å². The highest BCUT2D eigenvalue weighted by molar-refractivity contribution is 5.69. The van der Waals surface area contributed by atoms with Gasteiger partial charge in [-0.2, -0.15) is 0 Å². The van der Waals surface area contributed by atoms with Crippen molar-refractivity contribution in [3.8, 4) is 0 Å². The summed E-state index contributed by atoms with van der Waals surface area (Å²) in [6.07, 6.45) is 2.11. The van der Waals surface area contributed by atoms with Crippen molar-refractivity contribution in [2.45, 2.75) is 31.8 Å². The Morgan fingerprint density at radius 1 is 1.47 bits per heavy atom. The molecule has 1 aliphatic rings. The van der Waals surface area contributed by atoms with Crippen LogP contribution in [0.1, 0.15) is 31.4 Å². The maximum atomic E-state index is 12.8. The second-order valence-electron chi connectivity index (χ2n) is 4.52. The van der Waals surface area contributed by atoms with Crippen molar-refractivity contribution >= 4 is 5.97 Å². The van der Waals surface area contributed by atoms with Crippen molar-refractivity contribution in [2.75, 3.05) is 6.54 Å². The number of carbonyl (C=O) groups is 1. The molecule has 0 aliphatic heterocycles. The van der Waals surface area contributed by atoms with Crippen molar-refractivity contribution in [3.63, 3.8) is 0 Å². The zero-order chi connectivity index (χ0) is 12.4. The summed E-state index contributed by atoms with van der Waals surface area (Å²) in [5.74, 6) is -1.08. The Morgan fingerprint density at radius 3 is 2.53 bits per heavy atom. The molecule has 0 spiro atoms. The molecule has 4 heteroatoms. The first kappa shape index (κ1) is 12.0. The molecule has 1 fully saturated rings. The molecule has 0 saturated heterocycles. The molecular weight excluding hydrogens is 221 g/mol. The van der Waals surface area contributed by atoms with Gasteiger partial charge in [-0.3, -0.25) is 9.69 Å². The van der Waals surface area contributed by atoms with Crippen molar-refractivity contribution in [2.24, 2.45) is 0 Å². The lowest BCUT2D eigenvalue weighted by Crippen LogP contribution is -2.34. The van der Waals surface area contributed by atoms with Gasteiger partial charge in [0.2, 0.25) is 0 Å². The summed E-state index contributed by atoms with van der Waals surface area (Å²) in [6, 6.07) is 6.65. The molecule has 0 amide bonds. The van der Waals surface area contributed by atoms with Crippen LogP contribution in [0.3, 0.4) is 0 Å². The van der Waals surface area contributed by atoms with E-state index in [9.17, 15) is 9.18 Å². The van der Waals surface area contributed by atoms with Gasteiger partial charge in [-0.1, -0.05) is 12.1 Å². The number of nitrogens with zero attached hydrogens (tertiary/aromatic N) is 1. The number of aliphatic carboxylic acids is 1. The van der Waals surface area contributed by atoms with Gasteiger partial charge in [0.15, 0.2) is 0 Å². The molecule has 1 saturated carbocycles. The zero-order valence-corrected chi connectivity index (χ0v) is 9.77. The van der Waals surface area contributed by atoms with E-state index in [1.807, 2.05) is 11.8 Å². The quantitative estimate of drug-likeness (QED) is 0.855. The first-order chi connectivity index (χ1) is 8.08. The van der Waals surface area contributed by atoms with Gasteiger partial charge < -0.3 is 5.11 Å². The first-order valence-electron chi connectivity index (χ1n) is 5.81. The van der Waals surface area contributed by atoms with Crippen molar-refractivity contribution in [1.82, 2.24) is 4.90 Å². The van der Waals surface area contributed by atoms with Crippen LogP contribution in [0, 0.1) is 5.82 Å². The molecule has 17 heavy (non-hydrogen) atoms. The highest BCUT2D eigenvalue weighted by atomic mass is 19.1. The molecule has 0 bridgehead atoms. The number of carboxylic acid groups (broad SMARTS) is 1. The average molecular weight is 237 g/mol. The summed E-state index contributed by atoms with van der Waals surface area (Å²) in [5, 5.41) is 8.90. The van der Waals surface area contributed by atoms with Gasteiger partial charge in [-0.25, -0.2) is 4.39 Å². The number of hydrogen-bond acceptors (Lipinski definition) is 2. The second kappa shape index (κ2) is 4.84. The van der Waals surface area contributed by atoms with E-state index in [0.29, 0.717) is 6.04 Å². The van der Waals surface area contributed by atoms with Crippen LogP contribution in [-0.2, 0) is 4.79 Å². The predicted molar refractivity (Wildman–Crippen MR) is 62.2 cm³/mol. The number of rotatable bonds is 5. The summed E-state index contributed by atoms with van der Waals surface area (Å²) >= 11 is 0. The summed E-state index contributed by atoms with van der Waals surface area (Å²) < 4.78 is 12.8. The van der Waals surface area contributed by atoms with E-state index >= 15 is 0 Å². The van der Waals surface area contributed by atoms with Crippen LogP contribution < -0.4 is 0 Å². The third-order valence-corrected chi connectivity index (χ3v) is 3.18. The molecule has 1 aromatic rings. The van der Waals surface area contributed by atoms with E-state index < -0.39 is 5.97 Å². The lowest BCUT2D eigenvalue weighted by Gasteiger charge is -2.27. The minimum atomic E-state index is -0.814. The summed E-state index contributed by atoms with van der Waals surface area (Å²) in [4.78, 5) is 12.8. The summed E-state index contributed by atoms with van der Waals surface area (Å²) in [6.45, 7) is 2.01. The fraction of sp³-hybridized carbons (Fsp3) is 0.462. The molecule has 0 aromatic heterocycles. The van der Waals surface area contributed by atoms with Crippen LogP contribution in [0.4, 0.5) is 4.39 Å². The molecule has 0 radical (unpaired) electrons. The third kappa shape index (κ3) is 3.03. The Hall–Kier alpha value is -1.42. The second-order valence-corrected chi connectivity index (χ2v) is 4.52. The molecule has 3 nitrogen and oxygen atoms in total. The maximum Gasteiger partial charge on any atom is 0.317 e. The van der Waals surface area contributed by atoms with Gasteiger partial charge in [-0.05, 0) is 37.5 Å². The third-order valence-electron chi connectivity index (χ3n) is 3.18. The minimum absolute atomic E-state index is 0.0131. The normalized spacial score (nSPS) is 17.1. The largest absolute Gasteiger partial charge is 0.480 e. The topological polar surface area (TPSA) is 40.5 Å². The Morgan fingerprint density at radius 2 is 2.06 bits per heavy atom. The van der Waals surface area contributed by atoms with Crippen LogP contribution in [0.15, 0.2) is 24.3 Å². The van der Waals surface area contributed by atoms with Crippen molar-refractivity contribution in [3.05, 3.63) is 35.6 Å². The maximum absolute atomic E-state index is 12.8. The van der Waals surface area contributed by atoms with Gasteiger partial charge in [0, 0.05) is 12.1 Å². The molecule has 2 rings (SSSR count). The Balaban J connectivity index is 2.12. The first-order valence-corrected chi connectivity index (χ1v) is 5.81. The van der Waals surface area contributed by atoms with Crippen LogP contribution in [0.2, 0.25) is 0 Å². The molecule has 0 heterocycles. The van der Waals surface area contributed by atoms with Crippen LogP contribution >= 0.6 is 0 Å². The smallest absolute Gasteiger partial charge is 0.317 e.